The molecule has 20 heavy (non-hydrogen) atoms. The number of hydrogen-bond acceptors (Lipinski definition) is 4. The van der Waals surface area contributed by atoms with E-state index in [1.54, 1.807) is 0 Å². The molecule has 8 atom stereocenters. The monoisotopic (exact) mass is 272 g/mol. The van der Waals surface area contributed by atoms with Gasteiger partial charge in [0.05, 0.1) is 25.0 Å². The van der Waals surface area contributed by atoms with Crippen LogP contribution in [-0.2, 0) is 19.1 Å². The molecule has 0 N–H and O–H groups in total. The van der Waals surface area contributed by atoms with Crippen LogP contribution in [0.2, 0.25) is 0 Å². The molecule has 0 saturated heterocycles. The maximum absolute atomic E-state index is 12.7. The molecular formula is C16H16O4. The Kier molecular flexibility index (Phi) is 1.60. The van der Waals surface area contributed by atoms with Crippen molar-refractivity contribution in [2.24, 2.45) is 46.3 Å². The summed E-state index contributed by atoms with van der Waals surface area (Å²) in [5.41, 5.74) is -1.41. The van der Waals surface area contributed by atoms with Gasteiger partial charge in [-0.2, -0.15) is 0 Å². The molecule has 4 saturated carbocycles. The first-order chi connectivity index (χ1) is 9.67. The van der Waals surface area contributed by atoms with Crippen molar-refractivity contribution in [3.63, 3.8) is 0 Å². The first-order valence-electron chi connectivity index (χ1n) is 7.20. The van der Waals surface area contributed by atoms with Gasteiger partial charge in [0, 0.05) is 0 Å². The molecule has 6 rings (SSSR count). The molecule has 0 aromatic rings. The molecule has 0 heterocycles. The Hall–Kier alpha value is -1.58. The van der Waals surface area contributed by atoms with Crippen LogP contribution in [0.5, 0.6) is 0 Å². The fraction of sp³-hybridized carbons (Fsp3) is 0.625. The van der Waals surface area contributed by atoms with Crippen LogP contribution in [0.3, 0.4) is 0 Å². The Morgan fingerprint density at radius 2 is 1.05 bits per heavy atom. The van der Waals surface area contributed by atoms with Crippen LogP contribution in [0.25, 0.3) is 0 Å². The topological polar surface area (TPSA) is 52.6 Å². The predicted octanol–water partition coefficient (Wildman–Crippen LogP) is 1.18. The van der Waals surface area contributed by atoms with Crippen LogP contribution < -0.4 is 0 Å². The smallest absolute Gasteiger partial charge is 0.314 e. The van der Waals surface area contributed by atoms with Gasteiger partial charge < -0.3 is 9.47 Å². The summed E-state index contributed by atoms with van der Waals surface area (Å²) in [4.78, 5) is 25.5. The molecule has 6 aliphatic carbocycles. The summed E-state index contributed by atoms with van der Waals surface area (Å²) in [5, 5.41) is 0. The minimum absolute atomic E-state index is 0.148. The van der Waals surface area contributed by atoms with Gasteiger partial charge in [-0.05, 0) is 35.5 Å². The van der Waals surface area contributed by atoms with Crippen molar-refractivity contribution in [3.05, 3.63) is 24.3 Å². The summed E-state index contributed by atoms with van der Waals surface area (Å²) in [5.74, 6) is 0.987. The highest BCUT2D eigenvalue weighted by Gasteiger charge is 2.94. The lowest BCUT2D eigenvalue weighted by atomic mass is 9.53. The van der Waals surface area contributed by atoms with Gasteiger partial charge in [0.25, 0.3) is 0 Å². The number of hydrogen-bond donors (Lipinski definition) is 0. The highest BCUT2D eigenvalue weighted by atomic mass is 16.5. The van der Waals surface area contributed by atoms with Crippen molar-refractivity contribution in [2.75, 3.05) is 14.2 Å². The number of esters is 2. The van der Waals surface area contributed by atoms with E-state index in [1.165, 1.54) is 14.2 Å². The SMILES string of the molecule is COC(=O)C12[C@@H]3C=C[C@H]4C3C3[C@@H](C=C[C@@H]31)C42C(=O)OC. The number of allylic oxidation sites excluding steroid dienone is 4. The standard InChI is InChI=1S/C16H16O4/c1-19-13(17)15-7-3-5-9-11(7)12-8(15)4-6-10(12)16(9,15)14(18)20-2/h3-12H,1-2H3/t7-,8+,9+,10-,11?,12?,15?,16?. The van der Waals surface area contributed by atoms with Crippen molar-refractivity contribution in [1.82, 2.24) is 0 Å². The van der Waals surface area contributed by atoms with Gasteiger partial charge in [0.15, 0.2) is 0 Å². The van der Waals surface area contributed by atoms with E-state index >= 15 is 0 Å². The third-order valence-corrected chi connectivity index (χ3v) is 6.99. The van der Waals surface area contributed by atoms with Crippen molar-refractivity contribution < 1.29 is 19.1 Å². The summed E-state index contributed by atoms with van der Waals surface area (Å²) in [6.07, 6.45) is 8.59. The fourth-order valence-corrected chi connectivity index (χ4v) is 6.99. The Morgan fingerprint density at radius 3 is 1.30 bits per heavy atom. The molecule has 6 aliphatic rings. The Bertz CT molecular complexity index is 534. The van der Waals surface area contributed by atoms with Crippen LogP contribution in [-0.4, -0.2) is 26.2 Å². The Morgan fingerprint density at radius 1 is 0.750 bits per heavy atom. The summed E-state index contributed by atoms with van der Waals surface area (Å²) in [6, 6.07) is 0. The van der Waals surface area contributed by atoms with E-state index in [1.807, 2.05) is 0 Å². The van der Waals surface area contributed by atoms with Gasteiger partial charge in [-0.15, -0.1) is 0 Å². The molecule has 4 fully saturated rings. The average Bonchev–Trinajstić information content (AvgIpc) is 3.23. The quantitative estimate of drug-likeness (QED) is 0.559. The first kappa shape index (κ1) is 11.1. The molecular weight excluding hydrogens is 256 g/mol. The molecule has 4 unspecified atom stereocenters. The largest absolute Gasteiger partial charge is 0.469 e. The second-order valence-corrected chi connectivity index (χ2v) is 6.75. The van der Waals surface area contributed by atoms with E-state index in [4.69, 9.17) is 9.47 Å². The molecule has 0 aromatic heterocycles. The second kappa shape index (κ2) is 2.87. The predicted molar refractivity (Wildman–Crippen MR) is 68.1 cm³/mol. The lowest BCUT2D eigenvalue weighted by Gasteiger charge is -2.48. The van der Waals surface area contributed by atoms with Crippen LogP contribution in [0.15, 0.2) is 24.3 Å². The highest BCUT2D eigenvalue weighted by Crippen LogP contribution is 2.90. The maximum atomic E-state index is 12.7. The summed E-state index contributed by atoms with van der Waals surface area (Å²) < 4.78 is 10.3. The minimum Gasteiger partial charge on any atom is -0.469 e. The molecule has 0 spiro atoms. The van der Waals surface area contributed by atoms with Gasteiger partial charge >= 0.3 is 11.9 Å². The molecule has 0 aliphatic heterocycles. The zero-order valence-electron chi connectivity index (χ0n) is 11.4. The van der Waals surface area contributed by atoms with Crippen molar-refractivity contribution in [2.45, 2.75) is 0 Å². The zero-order chi connectivity index (χ0) is 13.9. The molecule has 0 radical (unpaired) electrons. The Balaban J connectivity index is 1.86. The number of methoxy groups -OCH3 is 2. The molecule has 4 heteroatoms. The molecule has 0 amide bonds. The number of ether oxygens (including phenoxy) is 2. The molecule has 4 nitrogen and oxygen atoms in total. The van der Waals surface area contributed by atoms with Gasteiger partial charge in [-0.1, -0.05) is 24.3 Å². The highest BCUT2D eigenvalue weighted by molar-refractivity contribution is 5.95. The Labute approximate surface area is 116 Å². The maximum Gasteiger partial charge on any atom is 0.314 e. The average molecular weight is 272 g/mol. The van der Waals surface area contributed by atoms with Crippen LogP contribution >= 0.6 is 0 Å². The van der Waals surface area contributed by atoms with Gasteiger partial charge in [0.1, 0.15) is 0 Å². The van der Waals surface area contributed by atoms with Crippen LogP contribution in [0.4, 0.5) is 0 Å². The minimum atomic E-state index is -0.705. The van der Waals surface area contributed by atoms with Gasteiger partial charge in [-0.3, -0.25) is 9.59 Å². The van der Waals surface area contributed by atoms with E-state index in [2.05, 4.69) is 24.3 Å². The third kappa shape index (κ3) is 0.651. The van der Waals surface area contributed by atoms with E-state index in [0.717, 1.165) is 0 Å². The van der Waals surface area contributed by atoms with E-state index in [9.17, 15) is 9.59 Å². The normalized spacial score (nSPS) is 57.9. The molecule has 104 valence electrons. The lowest BCUT2D eigenvalue weighted by molar-refractivity contribution is -0.182. The van der Waals surface area contributed by atoms with Crippen molar-refractivity contribution in [1.29, 1.82) is 0 Å². The number of carbonyl (C=O) groups is 2. The zero-order valence-corrected chi connectivity index (χ0v) is 11.4. The number of rotatable bonds is 2. The van der Waals surface area contributed by atoms with E-state index in [0.29, 0.717) is 11.8 Å². The third-order valence-electron chi connectivity index (χ3n) is 6.99. The van der Waals surface area contributed by atoms with Gasteiger partial charge in [0.2, 0.25) is 0 Å². The summed E-state index contributed by atoms with van der Waals surface area (Å²) in [6.45, 7) is 0. The first-order valence-corrected chi connectivity index (χ1v) is 7.20. The summed E-state index contributed by atoms with van der Waals surface area (Å²) in [7, 11) is 2.86. The van der Waals surface area contributed by atoms with Crippen molar-refractivity contribution in [3.8, 4) is 0 Å². The van der Waals surface area contributed by atoms with Crippen LogP contribution in [0.1, 0.15) is 0 Å². The van der Waals surface area contributed by atoms with Crippen LogP contribution in [0, 0.1) is 46.3 Å². The lowest BCUT2D eigenvalue weighted by Crippen LogP contribution is -2.58. The van der Waals surface area contributed by atoms with Gasteiger partial charge in [-0.25, -0.2) is 0 Å². The number of carbonyl (C=O) groups excluding carboxylic acids is 2. The fourth-order valence-electron chi connectivity index (χ4n) is 6.99. The molecule has 8 bridgehead atoms. The van der Waals surface area contributed by atoms with E-state index in [-0.39, 0.29) is 35.6 Å². The summed E-state index contributed by atoms with van der Waals surface area (Å²) >= 11 is 0. The second-order valence-electron chi connectivity index (χ2n) is 6.75. The molecule has 0 aromatic carbocycles. The van der Waals surface area contributed by atoms with E-state index < -0.39 is 10.8 Å². The van der Waals surface area contributed by atoms with Crippen molar-refractivity contribution >= 4 is 11.9 Å².